The maximum atomic E-state index is 12.3. The molecule has 1 aliphatic heterocycles. The number of hydrogen-bond donors (Lipinski definition) is 1. The van der Waals surface area contributed by atoms with Gasteiger partial charge in [0.05, 0.1) is 19.7 Å². The number of amides is 1. The fourth-order valence-electron chi connectivity index (χ4n) is 4.29. The van der Waals surface area contributed by atoms with E-state index in [9.17, 15) is 4.79 Å². The molecule has 3 aromatic rings. The molecule has 35 heavy (non-hydrogen) atoms. The Morgan fingerprint density at radius 3 is 2.43 bits per heavy atom. The van der Waals surface area contributed by atoms with Crippen LogP contribution in [0, 0.1) is 13.8 Å². The summed E-state index contributed by atoms with van der Waals surface area (Å²) in [7, 11) is 3.19. The van der Waals surface area contributed by atoms with E-state index in [1.807, 2.05) is 44.2 Å². The molecule has 2 aromatic carbocycles. The predicted octanol–water partition coefficient (Wildman–Crippen LogP) is 5.70. The van der Waals surface area contributed by atoms with Crippen LogP contribution in [0.25, 0.3) is 10.9 Å². The lowest BCUT2D eigenvalue weighted by Crippen LogP contribution is -2.33. The van der Waals surface area contributed by atoms with Gasteiger partial charge in [0.2, 0.25) is 0 Å². The van der Waals surface area contributed by atoms with Crippen molar-refractivity contribution in [2.24, 2.45) is 0 Å². The Morgan fingerprint density at radius 2 is 1.69 bits per heavy atom. The highest BCUT2D eigenvalue weighted by Gasteiger charge is 2.15. The number of nitrogens with one attached hydrogen (secondary N) is 1. The summed E-state index contributed by atoms with van der Waals surface area (Å²) in [6, 6.07) is 9.29. The number of ether oxygens (including phenoxy) is 4. The standard InChI is InChI=1S/C27H33N3O5/c1-18-15-24(35-23-8-9-28-22-17-26(33-4)25(32-3)16-20(22)23)19(2)14-21(18)29-27(31)34-13-12-30-10-6-5-7-11-30/h8-9,14-17H,5-7,10-13H2,1-4H3,(H,29,31). The molecule has 0 aliphatic carbocycles. The van der Waals surface area contributed by atoms with E-state index in [-0.39, 0.29) is 0 Å². The van der Waals surface area contributed by atoms with Gasteiger partial charge >= 0.3 is 6.09 Å². The molecule has 1 aromatic heterocycles. The molecule has 1 N–H and O–H groups in total. The van der Waals surface area contributed by atoms with Crippen LogP contribution in [0.3, 0.4) is 0 Å². The number of methoxy groups -OCH3 is 2. The number of rotatable bonds is 8. The molecule has 0 spiro atoms. The second-order valence-corrected chi connectivity index (χ2v) is 8.73. The van der Waals surface area contributed by atoms with E-state index in [0.717, 1.165) is 41.7 Å². The van der Waals surface area contributed by atoms with Crippen molar-refractivity contribution in [3.05, 3.63) is 47.7 Å². The zero-order valence-electron chi connectivity index (χ0n) is 20.8. The largest absolute Gasteiger partial charge is 0.493 e. The fourth-order valence-corrected chi connectivity index (χ4v) is 4.29. The minimum Gasteiger partial charge on any atom is -0.493 e. The molecule has 4 rings (SSSR count). The summed E-state index contributed by atoms with van der Waals surface area (Å²) in [6.07, 6.45) is 4.98. The normalized spacial score (nSPS) is 13.9. The van der Waals surface area contributed by atoms with Gasteiger partial charge in [-0.25, -0.2) is 4.79 Å². The lowest BCUT2D eigenvalue weighted by molar-refractivity contribution is 0.131. The van der Waals surface area contributed by atoms with Crippen molar-refractivity contribution in [3.8, 4) is 23.0 Å². The Balaban J connectivity index is 1.45. The predicted molar refractivity (Wildman–Crippen MR) is 136 cm³/mol. The number of hydrogen-bond acceptors (Lipinski definition) is 7. The van der Waals surface area contributed by atoms with Crippen LogP contribution in [0.4, 0.5) is 10.5 Å². The molecular weight excluding hydrogens is 446 g/mol. The number of anilines is 1. The molecule has 1 amide bonds. The van der Waals surface area contributed by atoms with Crippen LogP contribution in [0.5, 0.6) is 23.0 Å². The molecule has 0 atom stereocenters. The Morgan fingerprint density at radius 1 is 0.943 bits per heavy atom. The van der Waals surface area contributed by atoms with Gasteiger partial charge in [-0.1, -0.05) is 6.42 Å². The number of aryl methyl sites for hydroxylation is 2. The third-order valence-corrected chi connectivity index (χ3v) is 6.27. The monoisotopic (exact) mass is 479 g/mol. The van der Waals surface area contributed by atoms with Gasteiger partial charge in [-0.15, -0.1) is 0 Å². The molecule has 1 aliphatic rings. The van der Waals surface area contributed by atoms with Crippen LogP contribution in [-0.2, 0) is 4.74 Å². The summed E-state index contributed by atoms with van der Waals surface area (Å²) in [6.45, 7) is 7.18. The number of likely N-dealkylation sites (tertiary alicyclic amines) is 1. The van der Waals surface area contributed by atoms with Crippen molar-refractivity contribution in [2.75, 3.05) is 45.8 Å². The van der Waals surface area contributed by atoms with E-state index >= 15 is 0 Å². The average Bonchev–Trinajstić information content (AvgIpc) is 2.87. The van der Waals surface area contributed by atoms with Crippen LogP contribution in [0.2, 0.25) is 0 Å². The van der Waals surface area contributed by atoms with Crippen molar-refractivity contribution < 1.29 is 23.7 Å². The van der Waals surface area contributed by atoms with E-state index in [4.69, 9.17) is 18.9 Å². The molecular formula is C27H33N3O5. The van der Waals surface area contributed by atoms with Gasteiger partial charge in [0.15, 0.2) is 11.5 Å². The molecule has 0 saturated carbocycles. The van der Waals surface area contributed by atoms with Gasteiger partial charge in [-0.2, -0.15) is 0 Å². The van der Waals surface area contributed by atoms with Crippen molar-refractivity contribution in [3.63, 3.8) is 0 Å². The van der Waals surface area contributed by atoms with E-state index in [1.165, 1.54) is 19.3 Å². The maximum absolute atomic E-state index is 12.3. The van der Waals surface area contributed by atoms with Crippen LogP contribution < -0.4 is 19.5 Å². The smallest absolute Gasteiger partial charge is 0.411 e. The van der Waals surface area contributed by atoms with E-state index in [0.29, 0.717) is 35.3 Å². The molecule has 186 valence electrons. The molecule has 1 saturated heterocycles. The number of fused-ring (bicyclic) bond motifs is 1. The van der Waals surface area contributed by atoms with E-state index in [1.54, 1.807) is 20.4 Å². The molecule has 1 fully saturated rings. The number of piperidine rings is 1. The Bertz CT molecular complexity index is 1190. The van der Waals surface area contributed by atoms with Crippen molar-refractivity contribution >= 4 is 22.7 Å². The van der Waals surface area contributed by atoms with Crippen molar-refractivity contribution in [1.29, 1.82) is 0 Å². The fraction of sp³-hybridized carbons (Fsp3) is 0.407. The highest BCUT2D eigenvalue weighted by Crippen LogP contribution is 2.38. The first-order valence-electron chi connectivity index (χ1n) is 11.9. The lowest BCUT2D eigenvalue weighted by Gasteiger charge is -2.25. The minimum atomic E-state index is -0.445. The lowest BCUT2D eigenvalue weighted by atomic mass is 10.1. The molecule has 8 heteroatoms. The molecule has 2 heterocycles. The first-order valence-corrected chi connectivity index (χ1v) is 11.9. The van der Waals surface area contributed by atoms with Crippen LogP contribution in [0.1, 0.15) is 30.4 Å². The summed E-state index contributed by atoms with van der Waals surface area (Å²) in [4.78, 5) is 19.1. The van der Waals surface area contributed by atoms with Gasteiger partial charge in [0.25, 0.3) is 0 Å². The maximum Gasteiger partial charge on any atom is 0.411 e. The summed E-state index contributed by atoms with van der Waals surface area (Å²) in [5, 5.41) is 3.67. The van der Waals surface area contributed by atoms with Crippen LogP contribution in [0.15, 0.2) is 36.5 Å². The van der Waals surface area contributed by atoms with E-state index < -0.39 is 6.09 Å². The topological polar surface area (TPSA) is 82.2 Å². The number of nitrogens with zero attached hydrogens (tertiary/aromatic N) is 2. The summed E-state index contributed by atoms with van der Waals surface area (Å²) < 4.78 is 22.5. The van der Waals surface area contributed by atoms with Gasteiger partial charge in [-0.3, -0.25) is 15.2 Å². The summed E-state index contributed by atoms with van der Waals surface area (Å²) in [5.74, 6) is 2.55. The Kier molecular flexibility index (Phi) is 7.92. The molecule has 0 bridgehead atoms. The number of carbonyl (C=O) groups is 1. The quantitative estimate of drug-likeness (QED) is 0.444. The third-order valence-electron chi connectivity index (χ3n) is 6.27. The number of pyridine rings is 1. The number of aromatic nitrogens is 1. The third kappa shape index (κ3) is 5.95. The summed E-state index contributed by atoms with van der Waals surface area (Å²) >= 11 is 0. The van der Waals surface area contributed by atoms with Crippen LogP contribution in [-0.4, -0.2) is 56.4 Å². The highest BCUT2D eigenvalue weighted by atomic mass is 16.5. The second-order valence-electron chi connectivity index (χ2n) is 8.73. The zero-order chi connectivity index (χ0) is 24.8. The SMILES string of the molecule is COc1cc2nccc(Oc3cc(C)c(NC(=O)OCCN4CCCCC4)cc3C)c2cc1OC. The average molecular weight is 480 g/mol. The van der Waals surface area contributed by atoms with Gasteiger partial charge < -0.3 is 18.9 Å². The zero-order valence-corrected chi connectivity index (χ0v) is 20.8. The van der Waals surface area contributed by atoms with Crippen molar-refractivity contribution in [1.82, 2.24) is 9.88 Å². The number of carbonyl (C=O) groups excluding carboxylic acids is 1. The Labute approximate surface area is 206 Å². The molecule has 0 unspecified atom stereocenters. The van der Waals surface area contributed by atoms with Gasteiger partial charge in [-0.05, 0) is 75.2 Å². The highest BCUT2D eigenvalue weighted by molar-refractivity contribution is 5.89. The number of benzene rings is 2. The van der Waals surface area contributed by atoms with Crippen molar-refractivity contribution in [2.45, 2.75) is 33.1 Å². The second kappa shape index (κ2) is 11.3. The first-order chi connectivity index (χ1) is 17.0. The summed E-state index contributed by atoms with van der Waals surface area (Å²) in [5.41, 5.74) is 3.18. The Hall–Kier alpha value is -3.52. The van der Waals surface area contributed by atoms with E-state index in [2.05, 4.69) is 15.2 Å². The van der Waals surface area contributed by atoms with Gasteiger partial charge in [0, 0.05) is 29.9 Å². The van der Waals surface area contributed by atoms with Crippen LogP contribution >= 0.6 is 0 Å². The molecule has 8 nitrogen and oxygen atoms in total. The first kappa shape index (κ1) is 24.6. The molecule has 0 radical (unpaired) electrons. The minimum absolute atomic E-state index is 0.383. The van der Waals surface area contributed by atoms with Gasteiger partial charge in [0.1, 0.15) is 18.1 Å².